The molecule has 3 heteroatoms. The van der Waals surface area contributed by atoms with Gasteiger partial charge in [-0.2, -0.15) is 0 Å². The second-order valence-corrected chi connectivity index (χ2v) is 4.68. The Balaban J connectivity index is 2.49. The molecule has 0 radical (unpaired) electrons. The number of rotatable bonds is 5. The van der Waals surface area contributed by atoms with Gasteiger partial charge in [-0.3, -0.25) is 4.90 Å². The molecule has 0 aromatic rings. The molecule has 1 fully saturated rings. The van der Waals surface area contributed by atoms with Gasteiger partial charge in [0.05, 0.1) is 6.10 Å². The van der Waals surface area contributed by atoms with E-state index in [9.17, 15) is 5.11 Å². The molecule has 3 nitrogen and oxygen atoms in total. The molecule has 0 aromatic carbocycles. The Morgan fingerprint density at radius 1 is 1.40 bits per heavy atom. The molecule has 0 bridgehead atoms. The van der Waals surface area contributed by atoms with Crippen molar-refractivity contribution in [3.63, 3.8) is 0 Å². The summed E-state index contributed by atoms with van der Waals surface area (Å²) in [6, 6.07) is 0.900. The first-order valence-corrected chi connectivity index (χ1v) is 6.31. The van der Waals surface area contributed by atoms with Gasteiger partial charge in [0.2, 0.25) is 0 Å². The summed E-state index contributed by atoms with van der Waals surface area (Å²) in [6.45, 7) is 9.41. The van der Waals surface area contributed by atoms with Crippen molar-refractivity contribution < 1.29 is 5.11 Å². The lowest BCUT2D eigenvalue weighted by Crippen LogP contribution is -2.52. The lowest BCUT2D eigenvalue weighted by Gasteiger charge is -2.41. The molecular weight excluding hydrogens is 188 g/mol. The minimum Gasteiger partial charge on any atom is -0.392 e. The molecule has 15 heavy (non-hydrogen) atoms. The molecule has 90 valence electrons. The van der Waals surface area contributed by atoms with Gasteiger partial charge in [-0.15, -0.1) is 0 Å². The van der Waals surface area contributed by atoms with E-state index in [0.29, 0.717) is 6.04 Å². The van der Waals surface area contributed by atoms with Crippen LogP contribution in [0.25, 0.3) is 0 Å². The number of piperidine rings is 1. The molecule has 0 amide bonds. The number of likely N-dealkylation sites (tertiary alicyclic amines) is 1. The molecule has 0 saturated carbocycles. The van der Waals surface area contributed by atoms with E-state index in [1.165, 1.54) is 19.3 Å². The largest absolute Gasteiger partial charge is 0.392 e. The Labute approximate surface area is 93.9 Å². The average molecular weight is 214 g/mol. The highest BCUT2D eigenvalue weighted by Gasteiger charge is 2.27. The number of hydrogen-bond acceptors (Lipinski definition) is 3. The van der Waals surface area contributed by atoms with Gasteiger partial charge in [0.15, 0.2) is 0 Å². The SMILES string of the molecule is CCNCC1CCCCN1C(C)C(C)O. The summed E-state index contributed by atoms with van der Waals surface area (Å²) in [6.07, 6.45) is 3.65. The summed E-state index contributed by atoms with van der Waals surface area (Å²) in [7, 11) is 0. The summed E-state index contributed by atoms with van der Waals surface area (Å²) in [5.74, 6) is 0. The van der Waals surface area contributed by atoms with E-state index >= 15 is 0 Å². The van der Waals surface area contributed by atoms with E-state index in [-0.39, 0.29) is 12.1 Å². The van der Waals surface area contributed by atoms with Crippen molar-refractivity contribution >= 4 is 0 Å². The number of nitrogens with one attached hydrogen (secondary N) is 1. The van der Waals surface area contributed by atoms with Crippen LogP contribution in [-0.2, 0) is 0 Å². The quantitative estimate of drug-likeness (QED) is 0.722. The fourth-order valence-electron chi connectivity index (χ4n) is 2.37. The van der Waals surface area contributed by atoms with Crippen LogP contribution in [0.3, 0.4) is 0 Å². The second-order valence-electron chi connectivity index (χ2n) is 4.68. The van der Waals surface area contributed by atoms with E-state index in [0.717, 1.165) is 19.6 Å². The predicted octanol–water partition coefficient (Wildman–Crippen LogP) is 1.22. The lowest BCUT2D eigenvalue weighted by atomic mass is 9.98. The smallest absolute Gasteiger partial charge is 0.0664 e. The van der Waals surface area contributed by atoms with E-state index < -0.39 is 0 Å². The maximum Gasteiger partial charge on any atom is 0.0664 e. The Bertz CT molecular complexity index is 173. The number of likely N-dealkylation sites (N-methyl/N-ethyl adjacent to an activating group) is 1. The summed E-state index contributed by atoms with van der Waals surface area (Å²) in [4.78, 5) is 2.47. The van der Waals surface area contributed by atoms with E-state index in [1.54, 1.807) is 0 Å². The number of nitrogens with zero attached hydrogens (tertiary/aromatic N) is 1. The maximum atomic E-state index is 9.65. The molecule has 1 heterocycles. The molecule has 0 aromatic heterocycles. The van der Waals surface area contributed by atoms with Gasteiger partial charge in [-0.1, -0.05) is 13.3 Å². The van der Waals surface area contributed by atoms with Crippen molar-refractivity contribution in [1.29, 1.82) is 0 Å². The van der Waals surface area contributed by atoms with Gasteiger partial charge >= 0.3 is 0 Å². The van der Waals surface area contributed by atoms with Crippen LogP contribution in [0.4, 0.5) is 0 Å². The minimum absolute atomic E-state index is 0.229. The van der Waals surface area contributed by atoms with Crippen LogP contribution in [-0.4, -0.2) is 47.8 Å². The topological polar surface area (TPSA) is 35.5 Å². The third-order valence-corrected chi connectivity index (χ3v) is 3.52. The van der Waals surface area contributed by atoms with Gasteiger partial charge < -0.3 is 10.4 Å². The third kappa shape index (κ3) is 3.74. The fourth-order valence-corrected chi connectivity index (χ4v) is 2.37. The van der Waals surface area contributed by atoms with Crippen LogP contribution in [0.5, 0.6) is 0 Å². The maximum absolute atomic E-state index is 9.65. The average Bonchev–Trinajstić information content (AvgIpc) is 2.25. The molecular formula is C12H26N2O. The van der Waals surface area contributed by atoms with Crippen LogP contribution in [0.1, 0.15) is 40.0 Å². The van der Waals surface area contributed by atoms with E-state index in [4.69, 9.17) is 0 Å². The number of hydrogen-bond donors (Lipinski definition) is 2. The molecule has 3 unspecified atom stereocenters. The Morgan fingerprint density at radius 2 is 2.13 bits per heavy atom. The minimum atomic E-state index is -0.229. The van der Waals surface area contributed by atoms with Gasteiger partial charge in [-0.05, 0) is 39.8 Å². The van der Waals surface area contributed by atoms with Crippen LogP contribution in [0.2, 0.25) is 0 Å². The van der Waals surface area contributed by atoms with Crippen LogP contribution in [0.15, 0.2) is 0 Å². The molecule has 0 aliphatic carbocycles. The third-order valence-electron chi connectivity index (χ3n) is 3.52. The Kier molecular flexibility index (Phi) is 5.58. The van der Waals surface area contributed by atoms with Gasteiger partial charge in [0.25, 0.3) is 0 Å². The first kappa shape index (κ1) is 12.9. The highest BCUT2D eigenvalue weighted by Crippen LogP contribution is 2.20. The van der Waals surface area contributed by atoms with Gasteiger partial charge in [-0.25, -0.2) is 0 Å². The first-order chi connectivity index (χ1) is 7.16. The highest BCUT2D eigenvalue weighted by atomic mass is 16.3. The molecule has 1 rings (SSSR count). The zero-order chi connectivity index (χ0) is 11.3. The van der Waals surface area contributed by atoms with E-state index in [1.807, 2.05) is 6.92 Å². The predicted molar refractivity (Wildman–Crippen MR) is 64.0 cm³/mol. The van der Waals surface area contributed by atoms with Crippen molar-refractivity contribution in [2.24, 2.45) is 0 Å². The van der Waals surface area contributed by atoms with Crippen molar-refractivity contribution in [3.8, 4) is 0 Å². The number of aliphatic hydroxyl groups is 1. The lowest BCUT2D eigenvalue weighted by molar-refractivity contribution is 0.0252. The molecule has 1 saturated heterocycles. The van der Waals surface area contributed by atoms with Crippen molar-refractivity contribution in [1.82, 2.24) is 10.2 Å². The van der Waals surface area contributed by atoms with Crippen LogP contribution >= 0.6 is 0 Å². The zero-order valence-electron chi connectivity index (χ0n) is 10.4. The standard InChI is InChI=1S/C12H26N2O/c1-4-13-9-12-7-5-6-8-14(12)10(2)11(3)15/h10-13,15H,4-9H2,1-3H3. The summed E-state index contributed by atoms with van der Waals surface area (Å²) in [5.41, 5.74) is 0. The molecule has 2 N–H and O–H groups in total. The molecule has 1 aliphatic rings. The zero-order valence-corrected chi connectivity index (χ0v) is 10.4. The molecule has 3 atom stereocenters. The summed E-state index contributed by atoms with van der Waals surface area (Å²) >= 11 is 0. The highest BCUT2D eigenvalue weighted by molar-refractivity contribution is 4.84. The van der Waals surface area contributed by atoms with Gasteiger partial charge in [0, 0.05) is 18.6 Å². The van der Waals surface area contributed by atoms with Crippen LogP contribution < -0.4 is 5.32 Å². The monoisotopic (exact) mass is 214 g/mol. The fraction of sp³-hybridized carbons (Fsp3) is 1.00. The molecule has 1 aliphatic heterocycles. The van der Waals surface area contributed by atoms with Gasteiger partial charge in [0.1, 0.15) is 0 Å². The van der Waals surface area contributed by atoms with Crippen molar-refractivity contribution in [3.05, 3.63) is 0 Å². The first-order valence-electron chi connectivity index (χ1n) is 6.31. The van der Waals surface area contributed by atoms with Crippen LogP contribution in [0, 0.1) is 0 Å². The number of aliphatic hydroxyl groups excluding tert-OH is 1. The Hall–Kier alpha value is -0.120. The molecule has 0 spiro atoms. The second kappa shape index (κ2) is 6.46. The summed E-state index contributed by atoms with van der Waals surface area (Å²) in [5, 5.41) is 13.1. The van der Waals surface area contributed by atoms with Crippen molar-refractivity contribution in [2.75, 3.05) is 19.6 Å². The normalized spacial score (nSPS) is 27.6. The van der Waals surface area contributed by atoms with E-state index in [2.05, 4.69) is 24.1 Å². The Morgan fingerprint density at radius 3 is 2.73 bits per heavy atom. The summed E-state index contributed by atoms with van der Waals surface area (Å²) < 4.78 is 0. The van der Waals surface area contributed by atoms with Crippen molar-refractivity contribution in [2.45, 2.75) is 58.2 Å².